The standard InChI is InChI=1S/C46H55NO8/c1-45(2,3)55-44(48)47-38(32-53-46(47,4)5)26-27-39-41(50-29-35-20-12-7-13-21-35)43(52-31-37-24-16-9-17-25-37)42(51-30-36-22-14-8-15-23-36)40(54-39)33-49-28-34-18-10-6-11-19-34/h6-27,38-43H,28-33H2,1-5H3/b27-26+/t38-,39-,40+,41-,42+,43+/m0/s1. The maximum Gasteiger partial charge on any atom is 0.413 e. The Kier molecular flexibility index (Phi) is 13.9. The van der Waals surface area contributed by atoms with Gasteiger partial charge in [-0.3, -0.25) is 4.90 Å². The molecule has 0 spiro atoms. The third-order valence-electron chi connectivity index (χ3n) is 9.55. The molecule has 2 saturated heterocycles. The molecule has 0 aliphatic carbocycles. The van der Waals surface area contributed by atoms with Crippen molar-refractivity contribution in [2.45, 2.75) is 109 Å². The highest BCUT2D eigenvalue weighted by atomic mass is 16.6. The summed E-state index contributed by atoms with van der Waals surface area (Å²) in [7, 11) is 0. The molecule has 1 amide bonds. The number of hydrogen-bond donors (Lipinski definition) is 0. The van der Waals surface area contributed by atoms with Crippen molar-refractivity contribution in [3.63, 3.8) is 0 Å². The van der Waals surface area contributed by atoms with Gasteiger partial charge in [-0.25, -0.2) is 4.79 Å². The zero-order chi connectivity index (χ0) is 38.7. The normalized spacial score (nSPS) is 23.9. The van der Waals surface area contributed by atoms with Crippen LogP contribution >= 0.6 is 0 Å². The largest absolute Gasteiger partial charge is 0.444 e. The van der Waals surface area contributed by atoms with E-state index in [1.165, 1.54) is 0 Å². The maximum absolute atomic E-state index is 13.5. The molecule has 9 heteroatoms. The summed E-state index contributed by atoms with van der Waals surface area (Å²) in [5.74, 6) is 0. The van der Waals surface area contributed by atoms with Gasteiger partial charge >= 0.3 is 6.09 Å². The smallest absolute Gasteiger partial charge is 0.413 e. The second-order valence-electron chi connectivity index (χ2n) is 15.5. The van der Waals surface area contributed by atoms with Gasteiger partial charge in [0.1, 0.15) is 41.8 Å². The fourth-order valence-corrected chi connectivity index (χ4v) is 6.86. The molecule has 9 nitrogen and oxygen atoms in total. The Morgan fingerprint density at radius 3 is 1.62 bits per heavy atom. The summed E-state index contributed by atoms with van der Waals surface area (Å²) in [5, 5.41) is 0. The Morgan fingerprint density at radius 2 is 1.13 bits per heavy atom. The molecule has 6 rings (SSSR count). The molecule has 2 aliphatic rings. The van der Waals surface area contributed by atoms with Crippen LogP contribution in [-0.4, -0.2) is 72.1 Å². The molecule has 0 aromatic heterocycles. The summed E-state index contributed by atoms with van der Waals surface area (Å²) < 4.78 is 45.8. The van der Waals surface area contributed by atoms with Crippen molar-refractivity contribution in [3.05, 3.63) is 156 Å². The molecule has 2 aliphatic heterocycles. The van der Waals surface area contributed by atoms with E-state index in [2.05, 4.69) is 0 Å². The predicted octanol–water partition coefficient (Wildman–Crippen LogP) is 8.66. The first-order valence-corrected chi connectivity index (χ1v) is 19.1. The SMILES string of the molecule is CC(C)(C)OC(=O)N1[C@@H](/C=C/[C@@H]2O[C@H](COCc3ccccc3)[C@@H](OCc3ccccc3)[C@H](OCc3ccccc3)[C@H]2OCc2ccccc2)COC1(C)C. The summed E-state index contributed by atoms with van der Waals surface area (Å²) in [4.78, 5) is 15.2. The molecular weight excluding hydrogens is 695 g/mol. The highest BCUT2D eigenvalue weighted by molar-refractivity contribution is 5.70. The van der Waals surface area contributed by atoms with Crippen molar-refractivity contribution >= 4 is 6.09 Å². The molecule has 292 valence electrons. The Labute approximate surface area is 326 Å². The maximum atomic E-state index is 13.5. The number of ether oxygens (including phenoxy) is 7. The molecule has 0 radical (unpaired) electrons. The van der Waals surface area contributed by atoms with Gasteiger partial charge in [0.05, 0.1) is 45.7 Å². The first-order valence-electron chi connectivity index (χ1n) is 19.1. The predicted molar refractivity (Wildman–Crippen MR) is 211 cm³/mol. The molecule has 0 bridgehead atoms. The van der Waals surface area contributed by atoms with Gasteiger partial charge in [0.15, 0.2) is 0 Å². The van der Waals surface area contributed by atoms with E-state index < -0.39 is 54.0 Å². The second-order valence-corrected chi connectivity index (χ2v) is 15.5. The summed E-state index contributed by atoms with van der Waals surface area (Å²) in [6.07, 6.45) is 0.626. The molecule has 4 aromatic carbocycles. The quantitative estimate of drug-likeness (QED) is 0.112. The molecule has 0 N–H and O–H groups in total. The Bertz CT molecular complexity index is 1760. The number of carbonyl (C=O) groups is 1. The number of benzene rings is 4. The molecule has 2 fully saturated rings. The van der Waals surface area contributed by atoms with Crippen molar-refractivity contribution in [2.24, 2.45) is 0 Å². The third kappa shape index (κ3) is 11.6. The van der Waals surface area contributed by atoms with Gasteiger partial charge in [0, 0.05) is 0 Å². The monoisotopic (exact) mass is 749 g/mol. The average Bonchev–Trinajstić information content (AvgIpc) is 3.49. The van der Waals surface area contributed by atoms with E-state index in [0.29, 0.717) is 33.0 Å². The molecule has 55 heavy (non-hydrogen) atoms. The zero-order valence-electron chi connectivity index (χ0n) is 32.6. The van der Waals surface area contributed by atoms with Crippen LogP contribution in [0.4, 0.5) is 4.79 Å². The average molecular weight is 750 g/mol. The lowest BCUT2D eigenvalue weighted by molar-refractivity contribution is -0.263. The molecule has 6 atom stereocenters. The highest BCUT2D eigenvalue weighted by Gasteiger charge is 2.49. The van der Waals surface area contributed by atoms with Crippen molar-refractivity contribution in [1.82, 2.24) is 4.90 Å². The minimum atomic E-state index is -0.876. The van der Waals surface area contributed by atoms with Crippen molar-refractivity contribution < 1.29 is 38.0 Å². The van der Waals surface area contributed by atoms with E-state index in [1.54, 1.807) is 4.90 Å². The van der Waals surface area contributed by atoms with Gasteiger partial charge in [-0.2, -0.15) is 0 Å². The van der Waals surface area contributed by atoms with Crippen LogP contribution in [-0.2, 0) is 59.6 Å². The van der Waals surface area contributed by atoms with E-state index >= 15 is 0 Å². The molecule has 0 saturated carbocycles. The van der Waals surface area contributed by atoms with Gasteiger partial charge in [0.2, 0.25) is 0 Å². The minimum absolute atomic E-state index is 0.249. The van der Waals surface area contributed by atoms with Crippen molar-refractivity contribution in [1.29, 1.82) is 0 Å². The minimum Gasteiger partial charge on any atom is -0.444 e. The Balaban J connectivity index is 1.34. The van der Waals surface area contributed by atoms with Crippen LogP contribution in [0.3, 0.4) is 0 Å². The van der Waals surface area contributed by atoms with Crippen LogP contribution < -0.4 is 0 Å². The summed E-state index contributed by atoms with van der Waals surface area (Å²) in [6.45, 7) is 11.3. The second kappa shape index (κ2) is 19.0. The van der Waals surface area contributed by atoms with Gasteiger partial charge in [-0.05, 0) is 56.9 Å². The molecule has 4 aromatic rings. The van der Waals surface area contributed by atoms with Gasteiger partial charge in [0.25, 0.3) is 0 Å². The molecular formula is C46H55NO8. The Morgan fingerprint density at radius 1 is 0.673 bits per heavy atom. The van der Waals surface area contributed by atoms with Crippen LogP contribution in [0.2, 0.25) is 0 Å². The van der Waals surface area contributed by atoms with Crippen molar-refractivity contribution in [2.75, 3.05) is 13.2 Å². The molecule has 2 heterocycles. The number of amides is 1. The van der Waals surface area contributed by atoms with Crippen molar-refractivity contribution in [3.8, 4) is 0 Å². The first kappa shape index (κ1) is 40.3. The van der Waals surface area contributed by atoms with Gasteiger partial charge in [-0.15, -0.1) is 0 Å². The van der Waals surface area contributed by atoms with Gasteiger partial charge < -0.3 is 33.2 Å². The first-order chi connectivity index (χ1) is 26.6. The third-order valence-corrected chi connectivity index (χ3v) is 9.55. The van der Waals surface area contributed by atoms with Crippen LogP contribution in [0.1, 0.15) is 56.9 Å². The van der Waals surface area contributed by atoms with Crippen LogP contribution in [0.5, 0.6) is 0 Å². The number of nitrogens with zero attached hydrogens (tertiary/aromatic N) is 1. The van der Waals surface area contributed by atoms with E-state index in [0.717, 1.165) is 22.3 Å². The van der Waals surface area contributed by atoms with E-state index in [-0.39, 0.29) is 6.61 Å². The molecule has 0 unspecified atom stereocenters. The van der Waals surface area contributed by atoms with E-state index in [4.69, 9.17) is 33.2 Å². The lowest BCUT2D eigenvalue weighted by Gasteiger charge is -2.45. The fourth-order valence-electron chi connectivity index (χ4n) is 6.86. The fraction of sp³-hybridized carbons (Fsp3) is 0.413. The van der Waals surface area contributed by atoms with Crippen LogP contribution in [0.15, 0.2) is 133 Å². The number of carbonyl (C=O) groups excluding carboxylic acids is 1. The van der Waals surface area contributed by atoms with Gasteiger partial charge in [-0.1, -0.05) is 133 Å². The lowest BCUT2D eigenvalue weighted by atomic mass is 9.93. The zero-order valence-corrected chi connectivity index (χ0v) is 32.6. The summed E-state index contributed by atoms with van der Waals surface area (Å²) in [6, 6.07) is 39.9. The highest BCUT2D eigenvalue weighted by Crippen LogP contribution is 2.34. The lowest BCUT2D eigenvalue weighted by Crippen LogP contribution is -2.60. The summed E-state index contributed by atoms with van der Waals surface area (Å²) in [5.41, 5.74) is 2.59. The summed E-state index contributed by atoms with van der Waals surface area (Å²) >= 11 is 0. The van der Waals surface area contributed by atoms with E-state index in [1.807, 2.05) is 168 Å². The number of hydrogen-bond acceptors (Lipinski definition) is 8. The Hall–Kier alpha value is -4.35. The topological polar surface area (TPSA) is 84.9 Å². The van der Waals surface area contributed by atoms with E-state index in [9.17, 15) is 4.79 Å². The van der Waals surface area contributed by atoms with Crippen LogP contribution in [0, 0.1) is 0 Å². The number of rotatable bonds is 15. The van der Waals surface area contributed by atoms with Crippen LogP contribution in [0.25, 0.3) is 0 Å².